The highest BCUT2D eigenvalue weighted by molar-refractivity contribution is 9.10. The van der Waals surface area contributed by atoms with Crippen LogP contribution in [0.2, 0.25) is 0 Å². The highest BCUT2D eigenvalue weighted by atomic mass is 79.9. The highest BCUT2D eigenvalue weighted by Gasteiger charge is 2.31. The number of halogens is 2. The molecule has 0 aliphatic carbocycles. The molecule has 134 valence electrons. The minimum atomic E-state index is -0.0580. The normalized spacial score (nSPS) is 15.2. The van der Waals surface area contributed by atoms with Gasteiger partial charge in [0, 0.05) is 14.5 Å². The molecule has 0 radical (unpaired) electrons. The van der Waals surface area contributed by atoms with Crippen molar-refractivity contribution in [1.29, 1.82) is 0 Å². The van der Waals surface area contributed by atoms with Crippen molar-refractivity contribution >= 4 is 54.5 Å². The summed E-state index contributed by atoms with van der Waals surface area (Å²) in [7, 11) is 0. The van der Waals surface area contributed by atoms with Crippen LogP contribution in [0.4, 0.5) is 0 Å². The molecule has 2 heterocycles. The second-order valence-corrected chi connectivity index (χ2v) is 10.1. The lowest BCUT2D eigenvalue weighted by atomic mass is 10.0. The second kappa shape index (κ2) is 7.58. The van der Waals surface area contributed by atoms with E-state index in [9.17, 15) is 0 Å². The van der Waals surface area contributed by atoms with Crippen LogP contribution in [-0.4, -0.2) is 13.1 Å². The fourth-order valence-corrected chi connectivity index (χ4v) is 6.76. The second-order valence-electron chi connectivity index (χ2n) is 6.03. The van der Waals surface area contributed by atoms with Gasteiger partial charge in [-0.05, 0) is 49.7 Å². The number of hydrogen-bond donors (Lipinski definition) is 0. The van der Waals surface area contributed by atoms with Crippen molar-refractivity contribution in [3.8, 4) is 16.2 Å². The maximum absolute atomic E-state index is 6.46. The van der Waals surface area contributed by atoms with Gasteiger partial charge in [-0.15, -0.1) is 0 Å². The fraction of sp³-hybridized carbons (Fsp3) is 0.250. The first-order valence-electron chi connectivity index (χ1n) is 8.54. The molecule has 1 unspecified atom stereocenters. The van der Waals surface area contributed by atoms with Crippen LogP contribution in [0.1, 0.15) is 30.4 Å². The molecule has 3 aromatic rings. The summed E-state index contributed by atoms with van der Waals surface area (Å²) >= 11 is 10.9. The van der Waals surface area contributed by atoms with Crippen LogP contribution in [0.3, 0.4) is 0 Å². The lowest BCUT2D eigenvalue weighted by Crippen LogP contribution is -2.25. The van der Waals surface area contributed by atoms with Crippen LogP contribution in [0, 0.1) is 0 Å². The molecule has 1 aromatic heterocycles. The molecule has 0 amide bonds. The van der Waals surface area contributed by atoms with E-state index in [2.05, 4.69) is 86.7 Å². The van der Waals surface area contributed by atoms with Gasteiger partial charge in [-0.1, -0.05) is 66.7 Å². The summed E-state index contributed by atoms with van der Waals surface area (Å²) in [5.41, 5.74) is 2.37. The summed E-state index contributed by atoms with van der Waals surface area (Å²) in [6.45, 7) is 6.45. The summed E-state index contributed by atoms with van der Waals surface area (Å²) in [6, 6.07) is 14.7. The number of rotatable bonds is 3. The van der Waals surface area contributed by atoms with Crippen LogP contribution in [0.25, 0.3) is 10.4 Å². The molecule has 6 heteroatoms. The summed E-state index contributed by atoms with van der Waals surface area (Å²) in [5.74, 6) is 0.953. The topological polar surface area (TPSA) is 12.2 Å². The molecule has 4 rings (SSSR count). The SMILES string of the molecule is CC[N+](CC)=c1sc2c(s1)C(c1ccc(Br)cc1)Oc1ccc(Br)cc1-2. The molecule has 1 aliphatic heterocycles. The maximum atomic E-state index is 6.46. The van der Waals surface area contributed by atoms with Crippen LogP contribution < -0.4 is 13.3 Å². The van der Waals surface area contributed by atoms with Gasteiger partial charge in [0.05, 0.1) is 9.75 Å². The molecule has 0 N–H and O–H groups in total. The van der Waals surface area contributed by atoms with E-state index in [4.69, 9.17) is 4.74 Å². The third-order valence-corrected chi connectivity index (χ3v) is 8.27. The molecule has 1 atom stereocenters. The first kappa shape index (κ1) is 18.4. The first-order valence-corrected chi connectivity index (χ1v) is 11.8. The lowest BCUT2D eigenvalue weighted by Gasteiger charge is -2.26. The van der Waals surface area contributed by atoms with E-state index in [0.29, 0.717) is 0 Å². The Morgan fingerprint density at radius 3 is 2.35 bits per heavy atom. The zero-order chi connectivity index (χ0) is 18.3. The molecule has 0 fully saturated rings. The largest absolute Gasteiger partial charge is 0.479 e. The predicted octanol–water partition coefficient (Wildman–Crippen LogP) is 6.30. The van der Waals surface area contributed by atoms with Gasteiger partial charge in [-0.25, -0.2) is 4.58 Å². The van der Waals surface area contributed by atoms with Crippen LogP contribution in [-0.2, 0) is 0 Å². The van der Waals surface area contributed by atoms with Crippen LogP contribution >= 0.6 is 54.5 Å². The Morgan fingerprint density at radius 1 is 0.962 bits per heavy atom. The van der Waals surface area contributed by atoms with E-state index in [0.717, 1.165) is 27.8 Å². The molecule has 26 heavy (non-hydrogen) atoms. The van der Waals surface area contributed by atoms with Gasteiger partial charge in [0.1, 0.15) is 18.8 Å². The van der Waals surface area contributed by atoms with Crippen LogP contribution in [0.15, 0.2) is 51.4 Å². The number of ether oxygens (including phenoxy) is 1. The Balaban J connectivity index is 1.95. The number of benzene rings is 2. The summed E-state index contributed by atoms with van der Waals surface area (Å²) in [6.07, 6.45) is -0.0580. The molecular formula is C20H18Br2NOS2+. The van der Waals surface area contributed by atoms with Gasteiger partial charge in [0.25, 0.3) is 0 Å². The molecular weight excluding hydrogens is 494 g/mol. The van der Waals surface area contributed by atoms with E-state index in [-0.39, 0.29) is 6.10 Å². The van der Waals surface area contributed by atoms with Gasteiger partial charge < -0.3 is 4.74 Å². The van der Waals surface area contributed by atoms with Gasteiger partial charge in [0.15, 0.2) is 6.10 Å². The van der Waals surface area contributed by atoms with Crippen LogP contribution in [0.5, 0.6) is 5.75 Å². The summed E-state index contributed by atoms with van der Waals surface area (Å²) < 4.78 is 12.4. The first-order chi connectivity index (χ1) is 12.6. The molecule has 0 bridgehead atoms. The average Bonchev–Trinajstić information content (AvgIpc) is 3.08. The zero-order valence-electron chi connectivity index (χ0n) is 14.5. The smallest absolute Gasteiger partial charge is 0.314 e. The summed E-state index contributed by atoms with van der Waals surface area (Å²) in [4.78, 5) is 2.62. The van der Waals surface area contributed by atoms with Crippen molar-refractivity contribution in [2.45, 2.75) is 20.0 Å². The predicted molar refractivity (Wildman–Crippen MR) is 118 cm³/mol. The van der Waals surface area contributed by atoms with E-state index in [1.165, 1.54) is 24.9 Å². The third-order valence-electron chi connectivity index (χ3n) is 4.47. The van der Waals surface area contributed by atoms with E-state index in [1.807, 2.05) is 28.7 Å². The van der Waals surface area contributed by atoms with E-state index in [1.54, 1.807) is 0 Å². The average molecular weight is 512 g/mol. The Bertz CT molecular complexity index is 1020. The molecule has 1 aliphatic rings. The minimum Gasteiger partial charge on any atom is -0.479 e. The Kier molecular flexibility index (Phi) is 5.37. The Morgan fingerprint density at radius 2 is 1.65 bits per heavy atom. The molecule has 0 saturated carbocycles. The van der Waals surface area contributed by atoms with Crippen molar-refractivity contribution in [1.82, 2.24) is 4.58 Å². The molecule has 2 nitrogen and oxygen atoms in total. The van der Waals surface area contributed by atoms with Gasteiger partial charge >= 0.3 is 3.98 Å². The van der Waals surface area contributed by atoms with Crippen molar-refractivity contribution < 1.29 is 4.74 Å². The zero-order valence-corrected chi connectivity index (χ0v) is 19.3. The Labute approximate surface area is 178 Å². The molecule has 0 spiro atoms. The van der Waals surface area contributed by atoms with Crippen molar-refractivity contribution in [2.75, 3.05) is 13.1 Å². The molecule has 0 saturated heterocycles. The quantitative estimate of drug-likeness (QED) is 0.376. The van der Waals surface area contributed by atoms with Crippen molar-refractivity contribution in [3.05, 3.63) is 65.8 Å². The molecule has 2 aromatic carbocycles. The third kappa shape index (κ3) is 3.33. The Hall–Kier alpha value is -0.950. The van der Waals surface area contributed by atoms with Gasteiger partial charge in [-0.2, -0.15) is 0 Å². The standard InChI is InChI=1S/C20H18Br2NOS2/c1-3-23(4-2)20-25-18-15-11-14(22)9-10-16(15)24-17(19(18)26-20)12-5-7-13(21)8-6-12/h5-11,17H,3-4H2,1-2H3/q+1. The highest BCUT2D eigenvalue weighted by Crippen LogP contribution is 2.48. The number of hydrogen-bond acceptors (Lipinski definition) is 3. The fourth-order valence-electron chi connectivity index (χ4n) is 3.09. The van der Waals surface area contributed by atoms with Crippen molar-refractivity contribution in [2.24, 2.45) is 0 Å². The minimum absolute atomic E-state index is 0.0580. The summed E-state index contributed by atoms with van der Waals surface area (Å²) in [5, 5.41) is 0. The van der Waals surface area contributed by atoms with E-state index < -0.39 is 0 Å². The van der Waals surface area contributed by atoms with Crippen molar-refractivity contribution in [3.63, 3.8) is 0 Å². The maximum Gasteiger partial charge on any atom is 0.314 e. The van der Waals surface area contributed by atoms with E-state index >= 15 is 0 Å². The van der Waals surface area contributed by atoms with Gasteiger partial charge in [-0.3, -0.25) is 0 Å². The van der Waals surface area contributed by atoms with Gasteiger partial charge in [0.2, 0.25) is 0 Å². The number of fused-ring (bicyclic) bond motifs is 3. The monoisotopic (exact) mass is 510 g/mol. The number of nitrogens with zero attached hydrogens (tertiary/aromatic N) is 1. The lowest BCUT2D eigenvalue weighted by molar-refractivity contribution is 0.248.